The normalized spacial score (nSPS) is 15.5. The third kappa shape index (κ3) is 3.00. The lowest BCUT2D eigenvalue weighted by Crippen LogP contribution is -2.24. The number of aromatic nitrogens is 2. The predicted octanol–water partition coefficient (Wildman–Crippen LogP) is 2.46. The standard InChI is InChI=1S/C16H18ClN3O2/c17-14-13(18-11-16(6-7-16)8-9-21)10-19-20(15(14)22)12-4-2-1-3-5-12/h1-5,10,18,21H,6-9,11H2. The lowest BCUT2D eigenvalue weighted by molar-refractivity contribution is 0.253. The zero-order chi connectivity index (χ0) is 15.6. The van der Waals surface area contributed by atoms with Crippen LogP contribution in [-0.4, -0.2) is 28.0 Å². The van der Waals surface area contributed by atoms with Gasteiger partial charge < -0.3 is 10.4 Å². The monoisotopic (exact) mass is 319 g/mol. The summed E-state index contributed by atoms with van der Waals surface area (Å²) in [5.41, 5.74) is 1.03. The first-order valence-electron chi connectivity index (χ1n) is 7.33. The maximum atomic E-state index is 12.3. The fourth-order valence-electron chi connectivity index (χ4n) is 2.52. The summed E-state index contributed by atoms with van der Waals surface area (Å²) in [6.07, 6.45) is 4.53. The molecule has 1 saturated carbocycles. The van der Waals surface area contributed by atoms with Gasteiger partial charge in [0.05, 0.1) is 17.6 Å². The molecule has 1 aliphatic carbocycles. The second-order valence-corrected chi connectivity index (χ2v) is 6.13. The van der Waals surface area contributed by atoms with E-state index < -0.39 is 0 Å². The van der Waals surface area contributed by atoms with Crippen LogP contribution in [0.5, 0.6) is 0 Å². The molecule has 0 aliphatic heterocycles. The first kappa shape index (κ1) is 15.1. The molecule has 1 aromatic carbocycles. The average molecular weight is 320 g/mol. The van der Waals surface area contributed by atoms with E-state index in [1.54, 1.807) is 18.3 Å². The van der Waals surface area contributed by atoms with E-state index in [1.807, 2.05) is 18.2 Å². The summed E-state index contributed by atoms with van der Waals surface area (Å²) in [4.78, 5) is 12.3. The molecule has 2 aromatic rings. The molecular weight excluding hydrogens is 302 g/mol. The molecule has 0 unspecified atom stereocenters. The Morgan fingerprint density at radius 2 is 2.05 bits per heavy atom. The third-order valence-corrected chi connectivity index (χ3v) is 4.54. The van der Waals surface area contributed by atoms with Gasteiger partial charge in [-0.15, -0.1) is 0 Å². The Balaban J connectivity index is 1.80. The molecule has 5 nitrogen and oxygen atoms in total. The van der Waals surface area contributed by atoms with E-state index in [0.29, 0.717) is 17.9 Å². The fraction of sp³-hybridized carbons (Fsp3) is 0.375. The highest BCUT2D eigenvalue weighted by Gasteiger charge is 2.41. The first-order valence-corrected chi connectivity index (χ1v) is 7.71. The van der Waals surface area contributed by atoms with E-state index in [-0.39, 0.29) is 22.6 Å². The van der Waals surface area contributed by atoms with Crippen molar-refractivity contribution in [3.63, 3.8) is 0 Å². The van der Waals surface area contributed by atoms with Crippen LogP contribution in [0.15, 0.2) is 41.3 Å². The van der Waals surface area contributed by atoms with Crippen LogP contribution in [0.2, 0.25) is 5.02 Å². The largest absolute Gasteiger partial charge is 0.396 e. The van der Waals surface area contributed by atoms with E-state index >= 15 is 0 Å². The van der Waals surface area contributed by atoms with Gasteiger partial charge in [-0.2, -0.15) is 9.78 Å². The molecule has 0 atom stereocenters. The molecule has 2 N–H and O–H groups in total. The highest BCUT2D eigenvalue weighted by Crippen LogP contribution is 2.48. The highest BCUT2D eigenvalue weighted by molar-refractivity contribution is 6.32. The minimum atomic E-state index is -0.343. The predicted molar refractivity (Wildman–Crippen MR) is 86.7 cm³/mol. The third-order valence-electron chi connectivity index (χ3n) is 4.17. The summed E-state index contributed by atoms with van der Waals surface area (Å²) in [5.74, 6) is 0. The summed E-state index contributed by atoms with van der Waals surface area (Å²) in [5, 5.41) is 16.6. The summed E-state index contributed by atoms with van der Waals surface area (Å²) < 4.78 is 1.29. The van der Waals surface area contributed by atoms with Crippen molar-refractivity contribution in [2.75, 3.05) is 18.5 Å². The van der Waals surface area contributed by atoms with Gasteiger partial charge in [0.1, 0.15) is 5.02 Å². The SMILES string of the molecule is O=c1c(Cl)c(NCC2(CCO)CC2)cnn1-c1ccccc1. The second kappa shape index (κ2) is 6.10. The van der Waals surface area contributed by atoms with Crippen LogP contribution in [0.25, 0.3) is 5.69 Å². The molecule has 3 rings (SSSR count). The van der Waals surface area contributed by atoms with Crippen molar-refractivity contribution in [3.05, 3.63) is 51.9 Å². The topological polar surface area (TPSA) is 67.2 Å². The fourth-order valence-corrected chi connectivity index (χ4v) is 2.72. The van der Waals surface area contributed by atoms with Crippen molar-refractivity contribution >= 4 is 17.3 Å². The Bertz CT molecular complexity index is 711. The van der Waals surface area contributed by atoms with E-state index in [0.717, 1.165) is 19.3 Å². The zero-order valence-electron chi connectivity index (χ0n) is 12.1. The van der Waals surface area contributed by atoms with Gasteiger partial charge in [0, 0.05) is 13.2 Å². The van der Waals surface area contributed by atoms with Crippen molar-refractivity contribution < 1.29 is 5.11 Å². The van der Waals surface area contributed by atoms with Gasteiger partial charge in [-0.1, -0.05) is 29.8 Å². The van der Waals surface area contributed by atoms with Gasteiger partial charge in [0.25, 0.3) is 5.56 Å². The van der Waals surface area contributed by atoms with Gasteiger partial charge in [-0.05, 0) is 36.8 Å². The van der Waals surface area contributed by atoms with Crippen LogP contribution in [0.3, 0.4) is 0 Å². The van der Waals surface area contributed by atoms with Crippen molar-refractivity contribution in [1.82, 2.24) is 9.78 Å². The summed E-state index contributed by atoms with van der Waals surface area (Å²) in [6.45, 7) is 0.882. The van der Waals surface area contributed by atoms with Crippen LogP contribution in [0, 0.1) is 5.41 Å². The number of aliphatic hydroxyl groups is 1. The van der Waals surface area contributed by atoms with Crippen LogP contribution in [0.4, 0.5) is 5.69 Å². The number of benzene rings is 1. The van der Waals surface area contributed by atoms with Crippen LogP contribution < -0.4 is 10.9 Å². The van der Waals surface area contributed by atoms with Gasteiger partial charge in [-0.3, -0.25) is 4.79 Å². The summed E-state index contributed by atoms with van der Waals surface area (Å²) >= 11 is 6.19. The minimum Gasteiger partial charge on any atom is -0.396 e. The molecule has 1 heterocycles. The Hall–Kier alpha value is -1.85. The lowest BCUT2D eigenvalue weighted by Gasteiger charge is -2.16. The van der Waals surface area contributed by atoms with Crippen molar-refractivity contribution in [3.8, 4) is 5.69 Å². The highest BCUT2D eigenvalue weighted by atomic mass is 35.5. The molecule has 22 heavy (non-hydrogen) atoms. The molecule has 0 spiro atoms. The second-order valence-electron chi connectivity index (χ2n) is 5.75. The maximum Gasteiger partial charge on any atom is 0.292 e. The van der Waals surface area contributed by atoms with Crippen molar-refractivity contribution in [1.29, 1.82) is 0 Å². The van der Waals surface area contributed by atoms with Gasteiger partial charge >= 0.3 is 0 Å². The van der Waals surface area contributed by atoms with Crippen molar-refractivity contribution in [2.45, 2.75) is 19.3 Å². The van der Waals surface area contributed by atoms with Crippen LogP contribution >= 0.6 is 11.6 Å². The molecule has 1 aliphatic rings. The summed E-state index contributed by atoms with van der Waals surface area (Å²) in [7, 11) is 0. The Kier molecular flexibility index (Phi) is 4.18. The molecule has 0 bridgehead atoms. The van der Waals surface area contributed by atoms with Crippen LogP contribution in [0.1, 0.15) is 19.3 Å². The molecule has 0 radical (unpaired) electrons. The molecule has 0 saturated heterocycles. The lowest BCUT2D eigenvalue weighted by atomic mass is 10.0. The molecule has 1 fully saturated rings. The molecule has 6 heteroatoms. The Labute approximate surface area is 133 Å². The van der Waals surface area contributed by atoms with E-state index in [1.165, 1.54) is 4.68 Å². The molecular formula is C16H18ClN3O2. The quantitative estimate of drug-likeness (QED) is 0.858. The van der Waals surface area contributed by atoms with Crippen LogP contribution in [-0.2, 0) is 0 Å². The maximum absolute atomic E-state index is 12.3. The Morgan fingerprint density at radius 3 is 2.68 bits per heavy atom. The minimum absolute atomic E-state index is 0.138. The average Bonchev–Trinajstić information content (AvgIpc) is 3.30. The van der Waals surface area contributed by atoms with Crippen molar-refractivity contribution in [2.24, 2.45) is 5.41 Å². The van der Waals surface area contributed by atoms with Gasteiger partial charge in [0.2, 0.25) is 0 Å². The smallest absolute Gasteiger partial charge is 0.292 e. The number of anilines is 1. The number of nitrogens with zero attached hydrogens (tertiary/aromatic N) is 2. The first-order chi connectivity index (χ1) is 10.7. The number of aliphatic hydroxyl groups excluding tert-OH is 1. The number of para-hydroxylation sites is 1. The number of halogens is 1. The van der Waals surface area contributed by atoms with E-state index in [2.05, 4.69) is 10.4 Å². The molecule has 0 amide bonds. The summed E-state index contributed by atoms with van der Waals surface area (Å²) in [6, 6.07) is 9.17. The zero-order valence-corrected chi connectivity index (χ0v) is 12.9. The number of hydrogen-bond acceptors (Lipinski definition) is 4. The Morgan fingerprint density at radius 1 is 1.32 bits per heavy atom. The molecule has 116 valence electrons. The van der Waals surface area contributed by atoms with E-state index in [4.69, 9.17) is 16.7 Å². The van der Waals surface area contributed by atoms with E-state index in [9.17, 15) is 4.79 Å². The van der Waals surface area contributed by atoms with Gasteiger partial charge in [0.15, 0.2) is 0 Å². The number of nitrogens with one attached hydrogen (secondary N) is 1. The number of hydrogen-bond donors (Lipinski definition) is 2. The molecule has 1 aromatic heterocycles. The van der Waals surface area contributed by atoms with Gasteiger partial charge in [-0.25, -0.2) is 0 Å². The number of rotatable bonds is 6.